The third-order valence-electron chi connectivity index (χ3n) is 2.42. The molecule has 1 aromatic carbocycles. The Kier molecular flexibility index (Phi) is 6.45. The zero-order valence-electron chi connectivity index (χ0n) is 11.3. The number of halogens is 1. The van der Waals surface area contributed by atoms with Crippen LogP contribution in [0.25, 0.3) is 0 Å². The van der Waals surface area contributed by atoms with Gasteiger partial charge in [-0.2, -0.15) is 0 Å². The van der Waals surface area contributed by atoms with Crippen LogP contribution in [0.15, 0.2) is 18.2 Å². The van der Waals surface area contributed by atoms with Gasteiger partial charge in [0.25, 0.3) is 0 Å². The van der Waals surface area contributed by atoms with E-state index >= 15 is 0 Å². The standard InChI is InChI=1S/C13H19ClN2O3/c1-9(8-18-2)16-13(17)7-15-11-6-10(14)4-5-12(11)19-3/h4-6,9,15H,7-8H2,1-3H3,(H,16,17). The van der Waals surface area contributed by atoms with E-state index in [-0.39, 0.29) is 18.5 Å². The Morgan fingerprint density at radius 1 is 1.42 bits per heavy atom. The molecule has 0 bridgehead atoms. The van der Waals surface area contributed by atoms with Crippen molar-refractivity contribution in [3.05, 3.63) is 23.2 Å². The Hall–Kier alpha value is -1.46. The molecular formula is C13H19ClN2O3. The smallest absolute Gasteiger partial charge is 0.239 e. The molecular weight excluding hydrogens is 268 g/mol. The molecule has 0 saturated carbocycles. The third kappa shape index (κ3) is 5.36. The molecule has 19 heavy (non-hydrogen) atoms. The van der Waals surface area contributed by atoms with E-state index in [4.69, 9.17) is 21.1 Å². The van der Waals surface area contributed by atoms with E-state index in [0.717, 1.165) is 0 Å². The highest BCUT2D eigenvalue weighted by Crippen LogP contribution is 2.27. The van der Waals surface area contributed by atoms with Crippen LogP contribution in [0.3, 0.4) is 0 Å². The number of carbonyl (C=O) groups is 1. The summed E-state index contributed by atoms with van der Waals surface area (Å²) in [5.41, 5.74) is 0.685. The van der Waals surface area contributed by atoms with Crippen molar-refractivity contribution in [3.63, 3.8) is 0 Å². The molecule has 1 atom stereocenters. The lowest BCUT2D eigenvalue weighted by Crippen LogP contribution is -2.39. The first-order valence-corrected chi connectivity index (χ1v) is 6.30. The number of anilines is 1. The summed E-state index contributed by atoms with van der Waals surface area (Å²) in [5, 5.41) is 6.37. The van der Waals surface area contributed by atoms with Gasteiger partial charge >= 0.3 is 0 Å². The van der Waals surface area contributed by atoms with E-state index in [1.54, 1.807) is 32.4 Å². The van der Waals surface area contributed by atoms with E-state index in [0.29, 0.717) is 23.1 Å². The van der Waals surface area contributed by atoms with E-state index in [1.807, 2.05) is 6.92 Å². The molecule has 0 spiro atoms. The number of ether oxygens (including phenoxy) is 2. The highest BCUT2D eigenvalue weighted by atomic mass is 35.5. The Balaban J connectivity index is 2.52. The van der Waals surface area contributed by atoms with Gasteiger partial charge in [-0.05, 0) is 25.1 Å². The Labute approximate surface area is 118 Å². The van der Waals surface area contributed by atoms with Gasteiger partial charge in [0.15, 0.2) is 0 Å². The van der Waals surface area contributed by atoms with Crippen LogP contribution in [0.1, 0.15) is 6.92 Å². The summed E-state index contributed by atoms with van der Waals surface area (Å²) in [6, 6.07) is 5.16. The molecule has 1 amide bonds. The van der Waals surface area contributed by atoms with Gasteiger partial charge in [-0.25, -0.2) is 0 Å². The topological polar surface area (TPSA) is 59.6 Å². The number of hydrogen-bond donors (Lipinski definition) is 2. The van der Waals surface area contributed by atoms with Crippen molar-refractivity contribution in [1.82, 2.24) is 5.32 Å². The molecule has 0 radical (unpaired) electrons. The molecule has 6 heteroatoms. The largest absolute Gasteiger partial charge is 0.495 e. The van der Waals surface area contributed by atoms with Crippen LogP contribution < -0.4 is 15.4 Å². The van der Waals surface area contributed by atoms with Crippen molar-refractivity contribution in [3.8, 4) is 5.75 Å². The summed E-state index contributed by atoms with van der Waals surface area (Å²) in [5.74, 6) is 0.522. The second kappa shape index (κ2) is 7.86. The lowest BCUT2D eigenvalue weighted by atomic mass is 10.3. The average molecular weight is 287 g/mol. The summed E-state index contributed by atoms with van der Waals surface area (Å²) < 4.78 is 10.1. The maximum Gasteiger partial charge on any atom is 0.239 e. The SMILES string of the molecule is COCC(C)NC(=O)CNc1cc(Cl)ccc1OC. The summed E-state index contributed by atoms with van der Waals surface area (Å²) in [6.45, 7) is 2.50. The number of benzene rings is 1. The van der Waals surface area contributed by atoms with Gasteiger partial charge in [0.05, 0.1) is 25.9 Å². The maximum absolute atomic E-state index is 11.7. The predicted octanol–water partition coefficient (Wildman–Crippen LogP) is 1.91. The Morgan fingerprint density at radius 2 is 2.16 bits per heavy atom. The van der Waals surface area contributed by atoms with Crippen molar-refractivity contribution >= 4 is 23.2 Å². The molecule has 0 heterocycles. The molecule has 1 aromatic rings. The molecule has 1 unspecified atom stereocenters. The van der Waals surface area contributed by atoms with Gasteiger partial charge in [0, 0.05) is 18.2 Å². The van der Waals surface area contributed by atoms with Crippen LogP contribution in [0.4, 0.5) is 5.69 Å². The van der Waals surface area contributed by atoms with Gasteiger partial charge in [0.1, 0.15) is 5.75 Å². The van der Waals surface area contributed by atoms with E-state index in [1.165, 1.54) is 0 Å². The van der Waals surface area contributed by atoms with Crippen molar-refractivity contribution in [2.75, 3.05) is 32.7 Å². The molecule has 106 valence electrons. The number of carbonyl (C=O) groups excluding carboxylic acids is 1. The zero-order chi connectivity index (χ0) is 14.3. The minimum atomic E-state index is -0.119. The summed E-state index contributed by atoms with van der Waals surface area (Å²) in [4.78, 5) is 11.7. The van der Waals surface area contributed by atoms with Gasteiger partial charge < -0.3 is 20.1 Å². The Morgan fingerprint density at radius 3 is 2.79 bits per heavy atom. The quantitative estimate of drug-likeness (QED) is 0.804. The first-order valence-electron chi connectivity index (χ1n) is 5.92. The Bertz CT molecular complexity index is 426. The van der Waals surface area contributed by atoms with Gasteiger partial charge in [-0.3, -0.25) is 4.79 Å². The second-order valence-electron chi connectivity index (χ2n) is 4.12. The average Bonchev–Trinajstić information content (AvgIpc) is 2.36. The minimum absolute atomic E-state index is 0.0273. The number of rotatable bonds is 7. The first kappa shape index (κ1) is 15.6. The number of methoxy groups -OCH3 is 2. The molecule has 5 nitrogen and oxygen atoms in total. The zero-order valence-corrected chi connectivity index (χ0v) is 12.1. The van der Waals surface area contributed by atoms with Crippen molar-refractivity contribution in [2.24, 2.45) is 0 Å². The first-order chi connectivity index (χ1) is 9.06. The van der Waals surface area contributed by atoms with Gasteiger partial charge in [0.2, 0.25) is 5.91 Å². The van der Waals surface area contributed by atoms with Gasteiger partial charge in [-0.15, -0.1) is 0 Å². The lowest BCUT2D eigenvalue weighted by molar-refractivity contribution is -0.120. The van der Waals surface area contributed by atoms with Crippen molar-refractivity contribution in [1.29, 1.82) is 0 Å². The van der Waals surface area contributed by atoms with Crippen LogP contribution in [0.2, 0.25) is 5.02 Å². The number of amides is 1. The highest BCUT2D eigenvalue weighted by Gasteiger charge is 2.09. The fourth-order valence-corrected chi connectivity index (χ4v) is 1.78. The van der Waals surface area contributed by atoms with Crippen LogP contribution in [0, 0.1) is 0 Å². The molecule has 1 rings (SSSR count). The van der Waals surface area contributed by atoms with Crippen LogP contribution in [-0.4, -0.2) is 39.3 Å². The normalized spacial score (nSPS) is 11.8. The van der Waals surface area contributed by atoms with E-state index in [9.17, 15) is 4.79 Å². The summed E-state index contributed by atoms with van der Waals surface area (Å²) in [7, 11) is 3.16. The van der Waals surface area contributed by atoms with Crippen LogP contribution in [0.5, 0.6) is 5.75 Å². The molecule has 0 aromatic heterocycles. The molecule has 0 aliphatic heterocycles. The number of hydrogen-bond acceptors (Lipinski definition) is 4. The van der Waals surface area contributed by atoms with Crippen LogP contribution >= 0.6 is 11.6 Å². The fourth-order valence-electron chi connectivity index (χ4n) is 1.61. The second-order valence-corrected chi connectivity index (χ2v) is 4.56. The number of nitrogens with one attached hydrogen (secondary N) is 2. The minimum Gasteiger partial charge on any atom is -0.495 e. The molecule has 0 aliphatic carbocycles. The molecule has 0 aliphatic rings. The lowest BCUT2D eigenvalue weighted by Gasteiger charge is -2.14. The maximum atomic E-state index is 11.7. The van der Waals surface area contributed by atoms with Gasteiger partial charge in [-0.1, -0.05) is 11.6 Å². The molecule has 0 fully saturated rings. The van der Waals surface area contributed by atoms with Crippen molar-refractivity contribution < 1.29 is 14.3 Å². The highest BCUT2D eigenvalue weighted by molar-refractivity contribution is 6.30. The third-order valence-corrected chi connectivity index (χ3v) is 2.66. The fraction of sp³-hybridized carbons (Fsp3) is 0.462. The predicted molar refractivity (Wildman–Crippen MR) is 76.0 cm³/mol. The van der Waals surface area contributed by atoms with E-state index in [2.05, 4.69) is 10.6 Å². The van der Waals surface area contributed by atoms with Crippen LogP contribution in [-0.2, 0) is 9.53 Å². The van der Waals surface area contributed by atoms with Crippen molar-refractivity contribution in [2.45, 2.75) is 13.0 Å². The monoisotopic (exact) mass is 286 g/mol. The summed E-state index contributed by atoms with van der Waals surface area (Å²) in [6.07, 6.45) is 0. The van der Waals surface area contributed by atoms with E-state index < -0.39 is 0 Å². The summed E-state index contributed by atoms with van der Waals surface area (Å²) >= 11 is 5.90. The molecule has 2 N–H and O–H groups in total. The molecule has 0 saturated heterocycles.